The lowest BCUT2D eigenvalue weighted by molar-refractivity contribution is 0.0915. The molecule has 146 valence electrons. The first-order chi connectivity index (χ1) is 13.6. The first-order valence-electron chi connectivity index (χ1n) is 9.31. The molecule has 0 saturated heterocycles. The molecule has 0 aliphatic rings. The van der Waals surface area contributed by atoms with Crippen LogP contribution in [0.5, 0.6) is 5.75 Å². The number of methoxy groups -OCH3 is 1. The quantitative estimate of drug-likeness (QED) is 0.631. The number of benzene rings is 2. The highest BCUT2D eigenvalue weighted by atomic mass is 16.5. The second kappa shape index (κ2) is 9.19. The number of carbonyl (C=O) groups excluding carboxylic acids is 1. The molecule has 1 unspecified atom stereocenters. The molecule has 2 aromatic carbocycles. The zero-order chi connectivity index (χ0) is 19.9. The molecule has 1 aromatic heterocycles. The molecule has 3 aromatic rings. The second-order valence-electron chi connectivity index (χ2n) is 6.50. The molecule has 2 N–H and O–H groups in total. The van der Waals surface area contributed by atoms with Crippen molar-refractivity contribution in [1.82, 2.24) is 15.1 Å². The number of hydrogen-bond donors (Lipinski definition) is 2. The number of hydrogen-bond acceptors (Lipinski definition) is 4. The minimum Gasteiger partial charge on any atom is -0.497 e. The van der Waals surface area contributed by atoms with E-state index in [0.717, 1.165) is 22.6 Å². The van der Waals surface area contributed by atoms with Crippen LogP contribution in [0.2, 0.25) is 0 Å². The Labute approximate surface area is 164 Å². The topological polar surface area (TPSA) is 76.4 Å². The standard InChI is InChI=1S/C22H25N3O3/c1-3-20-19(13-24-25(20)15-16-7-5-4-6-8-16)22(27)23-14-21(26)17-9-11-18(28-2)12-10-17/h4-13,21,26H,3,14-15H2,1-2H3,(H,23,27). The van der Waals surface area contributed by atoms with Crippen molar-refractivity contribution >= 4 is 5.91 Å². The van der Waals surface area contributed by atoms with Crippen LogP contribution in [0.4, 0.5) is 0 Å². The molecule has 0 spiro atoms. The lowest BCUT2D eigenvalue weighted by atomic mass is 10.1. The Bertz CT molecular complexity index is 905. The van der Waals surface area contributed by atoms with E-state index in [9.17, 15) is 9.90 Å². The van der Waals surface area contributed by atoms with Crippen molar-refractivity contribution < 1.29 is 14.6 Å². The lowest BCUT2D eigenvalue weighted by Crippen LogP contribution is -2.29. The van der Waals surface area contributed by atoms with Crippen LogP contribution in [0.25, 0.3) is 0 Å². The summed E-state index contributed by atoms with van der Waals surface area (Å²) in [6.45, 7) is 2.74. The predicted octanol–water partition coefficient (Wildman–Crippen LogP) is 2.97. The van der Waals surface area contributed by atoms with Gasteiger partial charge in [-0.15, -0.1) is 0 Å². The summed E-state index contributed by atoms with van der Waals surface area (Å²) in [6.07, 6.45) is 1.49. The van der Waals surface area contributed by atoms with E-state index in [1.54, 1.807) is 37.6 Å². The lowest BCUT2D eigenvalue weighted by Gasteiger charge is -2.13. The van der Waals surface area contributed by atoms with Crippen molar-refractivity contribution in [2.45, 2.75) is 26.0 Å². The van der Waals surface area contributed by atoms with Gasteiger partial charge in [-0.05, 0) is 29.7 Å². The fourth-order valence-electron chi connectivity index (χ4n) is 3.09. The number of rotatable bonds is 8. The Balaban J connectivity index is 1.65. The number of aliphatic hydroxyl groups excluding tert-OH is 1. The first kappa shape index (κ1) is 19.6. The van der Waals surface area contributed by atoms with Gasteiger partial charge in [0.15, 0.2) is 0 Å². The Morgan fingerprint density at radius 1 is 1.18 bits per heavy atom. The summed E-state index contributed by atoms with van der Waals surface area (Å²) in [4.78, 5) is 12.6. The first-order valence-corrected chi connectivity index (χ1v) is 9.31. The van der Waals surface area contributed by atoms with E-state index in [1.807, 2.05) is 41.9 Å². The van der Waals surface area contributed by atoms with Gasteiger partial charge in [-0.3, -0.25) is 9.48 Å². The third-order valence-electron chi connectivity index (χ3n) is 4.66. The zero-order valence-corrected chi connectivity index (χ0v) is 16.1. The monoisotopic (exact) mass is 379 g/mol. The zero-order valence-electron chi connectivity index (χ0n) is 16.1. The third-order valence-corrected chi connectivity index (χ3v) is 4.66. The summed E-state index contributed by atoms with van der Waals surface area (Å²) in [5.74, 6) is 0.488. The summed E-state index contributed by atoms with van der Waals surface area (Å²) in [5.41, 5.74) is 3.26. The summed E-state index contributed by atoms with van der Waals surface area (Å²) in [7, 11) is 1.59. The number of nitrogens with zero attached hydrogens (tertiary/aromatic N) is 2. The maximum Gasteiger partial charge on any atom is 0.254 e. The summed E-state index contributed by atoms with van der Waals surface area (Å²) in [5, 5.41) is 17.5. The van der Waals surface area contributed by atoms with Crippen molar-refractivity contribution in [3.8, 4) is 5.75 Å². The van der Waals surface area contributed by atoms with Crippen LogP contribution in [0.15, 0.2) is 60.8 Å². The number of amides is 1. The SMILES string of the molecule is CCc1c(C(=O)NCC(O)c2ccc(OC)cc2)cnn1Cc1ccccc1. The van der Waals surface area contributed by atoms with Crippen LogP contribution in [0.3, 0.4) is 0 Å². The molecular weight excluding hydrogens is 354 g/mol. The van der Waals surface area contributed by atoms with Crippen molar-refractivity contribution in [2.24, 2.45) is 0 Å². The van der Waals surface area contributed by atoms with Gasteiger partial charge in [-0.25, -0.2) is 0 Å². The number of nitrogens with one attached hydrogen (secondary N) is 1. The fraction of sp³-hybridized carbons (Fsp3) is 0.273. The van der Waals surface area contributed by atoms with E-state index >= 15 is 0 Å². The molecule has 0 radical (unpaired) electrons. The highest BCUT2D eigenvalue weighted by Gasteiger charge is 2.17. The fourth-order valence-corrected chi connectivity index (χ4v) is 3.09. The average Bonchev–Trinajstić information content (AvgIpc) is 3.15. The highest BCUT2D eigenvalue weighted by Crippen LogP contribution is 2.17. The second-order valence-corrected chi connectivity index (χ2v) is 6.50. The van der Waals surface area contributed by atoms with Crippen LogP contribution in [0, 0.1) is 0 Å². The van der Waals surface area contributed by atoms with Gasteiger partial charge in [0.25, 0.3) is 5.91 Å². The van der Waals surface area contributed by atoms with E-state index < -0.39 is 6.10 Å². The van der Waals surface area contributed by atoms with Crippen molar-refractivity contribution in [1.29, 1.82) is 0 Å². The minimum atomic E-state index is -0.792. The summed E-state index contributed by atoms with van der Waals surface area (Å²) in [6, 6.07) is 17.1. The third kappa shape index (κ3) is 4.58. The van der Waals surface area contributed by atoms with Gasteiger partial charge < -0.3 is 15.2 Å². The molecule has 28 heavy (non-hydrogen) atoms. The molecule has 1 heterocycles. The Kier molecular flexibility index (Phi) is 6.45. The Morgan fingerprint density at radius 3 is 2.54 bits per heavy atom. The smallest absolute Gasteiger partial charge is 0.254 e. The molecule has 1 amide bonds. The van der Waals surface area contributed by atoms with E-state index in [1.165, 1.54) is 0 Å². The van der Waals surface area contributed by atoms with E-state index in [-0.39, 0.29) is 12.5 Å². The average molecular weight is 379 g/mol. The summed E-state index contributed by atoms with van der Waals surface area (Å²) >= 11 is 0. The molecular formula is C22H25N3O3. The molecule has 1 atom stereocenters. The van der Waals surface area contributed by atoms with Gasteiger partial charge in [0, 0.05) is 6.54 Å². The van der Waals surface area contributed by atoms with Crippen LogP contribution in [-0.4, -0.2) is 34.4 Å². The number of carbonyl (C=O) groups is 1. The summed E-state index contributed by atoms with van der Waals surface area (Å²) < 4.78 is 6.97. The van der Waals surface area contributed by atoms with Crippen LogP contribution < -0.4 is 10.1 Å². The van der Waals surface area contributed by atoms with Crippen molar-refractivity contribution in [3.63, 3.8) is 0 Å². The largest absolute Gasteiger partial charge is 0.497 e. The molecule has 0 aliphatic heterocycles. The predicted molar refractivity (Wildman–Crippen MR) is 107 cm³/mol. The van der Waals surface area contributed by atoms with E-state index in [2.05, 4.69) is 10.4 Å². The van der Waals surface area contributed by atoms with Gasteiger partial charge in [0.05, 0.1) is 37.2 Å². The molecule has 0 bridgehead atoms. The number of ether oxygens (including phenoxy) is 1. The highest BCUT2D eigenvalue weighted by molar-refractivity contribution is 5.95. The molecule has 0 aliphatic carbocycles. The maximum absolute atomic E-state index is 12.6. The van der Waals surface area contributed by atoms with E-state index in [0.29, 0.717) is 18.5 Å². The number of aromatic nitrogens is 2. The number of aliphatic hydroxyl groups is 1. The van der Waals surface area contributed by atoms with Gasteiger partial charge >= 0.3 is 0 Å². The normalized spacial score (nSPS) is 11.8. The Hall–Kier alpha value is -3.12. The van der Waals surface area contributed by atoms with Gasteiger partial charge in [0.2, 0.25) is 0 Å². The Morgan fingerprint density at radius 2 is 1.89 bits per heavy atom. The van der Waals surface area contributed by atoms with Crippen LogP contribution in [0.1, 0.15) is 40.2 Å². The van der Waals surface area contributed by atoms with E-state index in [4.69, 9.17) is 4.74 Å². The van der Waals surface area contributed by atoms with Gasteiger partial charge in [-0.1, -0.05) is 49.4 Å². The van der Waals surface area contributed by atoms with Crippen LogP contribution in [-0.2, 0) is 13.0 Å². The molecule has 0 fully saturated rings. The van der Waals surface area contributed by atoms with Gasteiger partial charge in [-0.2, -0.15) is 5.10 Å². The minimum absolute atomic E-state index is 0.123. The van der Waals surface area contributed by atoms with Crippen molar-refractivity contribution in [2.75, 3.05) is 13.7 Å². The van der Waals surface area contributed by atoms with Crippen LogP contribution >= 0.6 is 0 Å². The molecule has 0 saturated carbocycles. The van der Waals surface area contributed by atoms with Gasteiger partial charge in [0.1, 0.15) is 5.75 Å². The molecule has 6 nitrogen and oxygen atoms in total. The molecule has 6 heteroatoms. The molecule has 3 rings (SSSR count). The maximum atomic E-state index is 12.6. The van der Waals surface area contributed by atoms with Crippen molar-refractivity contribution in [3.05, 3.63) is 83.2 Å².